The van der Waals surface area contributed by atoms with Crippen LogP contribution in [0.25, 0.3) is 0 Å². The van der Waals surface area contributed by atoms with Crippen LogP contribution in [0.5, 0.6) is 0 Å². The Morgan fingerprint density at radius 2 is 2.05 bits per heavy atom. The van der Waals surface area contributed by atoms with Crippen molar-refractivity contribution in [2.24, 2.45) is 0 Å². The Hall–Kier alpha value is -1.57. The molecule has 1 amide bonds. The summed E-state index contributed by atoms with van der Waals surface area (Å²) in [6.07, 6.45) is -5.77. The molecule has 0 bridgehead atoms. The van der Waals surface area contributed by atoms with Gasteiger partial charge in [-0.25, -0.2) is 4.79 Å². The van der Waals surface area contributed by atoms with Crippen molar-refractivity contribution >= 4 is 28.2 Å². The zero-order valence-electron chi connectivity index (χ0n) is 10.0. The van der Waals surface area contributed by atoms with Crippen molar-refractivity contribution < 1.29 is 27.9 Å². The molecule has 0 aromatic carbocycles. The molecular weight excluding hydrogens is 283 g/mol. The fraction of sp³-hybridized carbons (Fsp3) is 0.455. The first-order valence-electron chi connectivity index (χ1n) is 5.45. The van der Waals surface area contributed by atoms with E-state index in [9.17, 15) is 22.8 Å². The van der Waals surface area contributed by atoms with Gasteiger partial charge in [0.1, 0.15) is 5.00 Å². The van der Waals surface area contributed by atoms with Gasteiger partial charge >= 0.3 is 12.1 Å². The molecule has 19 heavy (non-hydrogen) atoms. The van der Waals surface area contributed by atoms with E-state index in [0.29, 0.717) is 6.42 Å². The fourth-order valence-corrected chi connectivity index (χ4v) is 2.32. The monoisotopic (exact) mass is 295 g/mol. The van der Waals surface area contributed by atoms with Crippen LogP contribution in [0.15, 0.2) is 6.07 Å². The number of aryl methyl sites for hydroxylation is 1. The Morgan fingerprint density at radius 1 is 1.42 bits per heavy atom. The topological polar surface area (TPSA) is 66.4 Å². The first-order chi connectivity index (χ1) is 8.73. The number of carboxylic acids is 1. The minimum absolute atomic E-state index is 0.0801. The summed E-state index contributed by atoms with van der Waals surface area (Å²) < 4.78 is 35.8. The highest BCUT2D eigenvalue weighted by molar-refractivity contribution is 7.16. The molecule has 0 radical (unpaired) electrons. The third-order valence-electron chi connectivity index (χ3n) is 2.25. The first-order valence-corrected chi connectivity index (χ1v) is 6.27. The molecule has 8 heteroatoms. The van der Waals surface area contributed by atoms with Gasteiger partial charge in [-0.3, -0.25) is 4.79 Å². The van der Waals surface area contributed by atoms with Crippen LogP contribution in [0.3, 0.4) is 0 Å². The summed E-state index contributed by atoms with van der Waals surface area (Å²) in [6, 6.07) is 1.41. The second-order valence-corrected chi connectivity index (χ2v) is 4.91. The minimum atomic E-state index is -4.41. The molecule has 0 aliphatic rings. The second-order valence-electron chi connectivity index (χ2n) is 3.78. The number of amides is 1. The highest BCUT2D eigenvalue weighted by Crippen LogP contribution is 2.29. The minimum Gasteiger partial charge on any atom is -0.478 e. The largest absolute Gasteiger partial charge is 0.478 e. The van der Waals surface area contributed by atoms with E-state index in [1.807, 2.05) is 6.92 Å². The van der Waals surface area contributed by atoms with Crippen molar-refractivity contribution in [1.29, 1.82) is 0 Å². The predicted octanol–water partition coefficient (Wildman–Crippen LogP) is 3.29. The Labute approximate surface area is 111 Å². The summed E-state index contributed by atoms with van der Waals surface area (Å²) in [7, 11) is 0. The molecule has 1 aromatic heterocycles. The Morgan fingerprint density at radius 3 is 2.53 bits per heavy atom. The van der Waals surface area contributed by atoms with Crippen LogP contribution in [-0.2, 0) is 11.2 Å². The molecule has 106 valence electrons. The number of aromatic carboxylic acids is 1. The van der Waals surface area contributed by atoms with Gasteiger partial charge in [-0.2, -0.15) is 13.2 Å². The van der Waals surface area contributed by atoms with E-state index in [0.717, 1.165) is 16.2 Å². The molecule has 0 unspecified atom stereocenters. The summed E-state index contributed by atoms with van der Waals surface area (Å²) in [5, 5.41) is 11.2. The summed E-state index contributed by atoms with van der Waals surface area (Å²) in [5.74, 6) is -2.06. The standard InChI is InChI=1S/C11H12F3NO3S/c1-2-6-5-7(10(17)18)9(19-6)15-8(16)3-4-11(12,13)14/h5H,2-4H2,1H3,(H,15,16)(H,17,18). The average Bonchev–Trinajstić information content (AvgIpc) is 2.69. The number of hydrogen-bond donors (Lipinski definition) is 2. The van der Waals surface area contributed by atoms with Gasteiger partial charge in [0.25, 0.3) is 0 Å². The van der Waals surface area contributed by atoms with Crippen LogP contribution >= 0.6 is 11.3 Å². The zero-order valence-corrected chi connectivity index (χ0v) is 10.8. The summed E-state index contributed by atoms with van der Waals surface area (Å²) in [4.78, 5) is 23.0. The van der Waals surface area contributed by atoms with Gasteiger partial charge in [0.15, 0.2) is 0 Å². The van der Waals surface area contributed by atoms with E-state index < -0.39 is 30.9 Å². The van der Waals surface area contributed by atoms with Crippen molar-refractivity contribution in [3.05, 3.63) is 16.5 Å². The number of rotatable bonds is 5. The van der Waals surface area contributed by atoms with Crippen LogP contribution in [0.4, 0.5) is 18.2 Å². The summed E-state index contributed by atoms with van der Waals surface area (Å²) in [5.41, 5.74) is -0.0952. The third kappa shape index (κ3) is 4.90. The number of anilines is 1. The van der Waals surface area contributed by atoms with Crippen LogP contribution < -0.4 is 5.32 Å². The maximum Gasteiger partial charge on any atom is 0.389 e. The molecule has 0 aliphatic heterocycles. The van der Waals surface area contributed by atoms with Gasteiger partial charge < -0.3 is 10.4 Å². The molecule has 0 saturated carbocycles. The lowest BCUT2D eigenvalue weighted by Gasteiger charge is -2.06. The summed E-state index contributed by atoms with van der Waals surface area (Å²) >= 11 is 1.06. The van der Waals surface area contributed by atoms with E-state index in [2.05, 4.69) is 5.32 Å². The van der Waals surface area contributed by atoms with Gasteiger partial charge in [0, 0.05) is 11.3 Å². The van der Waals surface area contributed by atoms with Crippen molar-refractivity contribution in [3.63, 3.8) is 0 Å². The Bertz CT molecular complexity index is 482. The van der Waals surface area contributed by atoms with E-state index in [1.54, 1.807) is 0 Å². The first kappa shape index (κ1) is 15.5. The van der Waals surface area contributed by atoms with Crippen molar-refractivity contribution in [2.45, 2.75) is 32.4 Å². The number of alkyl halides is 3. The second kappa shape index (κ2) is 6.05. The van der Waals surface area contributed by atoms with Crippen LogP contribution in [0.1, 0.15) is 35.0 Å². The molecule has 2 N–H and O–H groups in total. The lowest BCUT2D eigenvalue weighted by Crippen LogP contribution is -2.17. The van der Waals surface area contributed by atoms with Crippen LogP contribution in [0, 0.1) is 0 Å². The quantitative estimate of drug-likeness (QED) is 0.876. The number of carbonyl (C=O) groups is 2. The molecule has 0 spiro atoms. The lowest BCUT2D eigenvalue weighted by molar-refractivity contribution is -0.142. The average molecular weight is 295 g/mol. The van der Waals surface area contributed by atoms with E-state index >= 15 is 0 Å². The third-order valence-corrected chi connectivity index (χ3v) is 3.45. The molecule has 0 atom stereocenters. The molecule has 0 saturated heterocycles. The van der Waals surface area contributed by atoms with E-state index in [-0.39, 0.29) is 10.6 Å². The normalized spacial score (nSPS) is 11.4. The maximum absolute atomic E-state index is 11.9. The molecule has 0 aliphatic carbocycles. The van der Waals surface area contributed by atoms with E-state index in [1.165, 1.54) is 6.07 Å². The number of carbonyl (C=O) groups excluding carboxylic acids is 1. The molecular formula is C11H12F3NO3S. The molecule has 1 aromatic rings. The fourth-order valence-electron chi connectivity index (χ4n) is 1.31. The van der Waals surface area contributed by atoms with Crippen molar-refractivity contribution in [1.82, 2.24) is 0 Å². The van der Waals surface area contributed by atoms with Gasteiger partial charge in [0.05, 0.1) is 12.0 Å². The zero-order chi connectivity index (χ0) is 14.6. The number of thiophene rings is 1. The SMILES string of the molecule is CCc1cc(C(=O)O)c(NC(=O)CCC(F)(F)F)s1. The highest BCUT2D eigenvalue weighted by Gasteiger charge is 2.28. The number of halogens is 3. The molecule has 1 rings (SSSR count). The van der Waals surface area contributed by atoms with Gasteiger partial charge in [-0.05, 0) is 12.5 Å². The predicted molar refractivity (Wildman–Crippen MR) is 64.6 cm³/mol. The number of carboxylic acid groups (broad SMARTS) is 1. The van der Waals surface area contributed by atoms with Gasteiger partial charge in [-0.1, -0.05) is 6.92 Å². The molecule has 0 fully saturated rings. The highest BCUT2D eigenvalue weighted by atomic mass is 32.1. The lowest BCUT2D eigenvalue weighted by atomic mass is 10.2. The van der Waals surface area contributed by atoms with Crippen molar-refractivity contribution in [2.75, 3.05) is 5.32 Å². The van der Waals surface area contributed by atoms with E-state index in [4.69, 9.17) is 5.11 Å². The number of hydrogen-bond acceptors (Lipinski definition) is 3. The Kier molecular flexibility index (Phi) is 4.93. The number of nitrogens with one attached hydrogen (secondary N) is 1. The van der Waals surface area contributed by atoms with Crippen molar-refractivity contribution in [3.8, 4) is 0 Å². The molecule has 4 nitrogen and oxygen atoms in total. The van der Waals surface area contributed by atoms with Gasteiger partial charge in [0.2, 0.25) is 5.91 Å². The smallest absolute Gasteiger partial charge is 0.389 e. The van der Waals surface area contributed by atoms with Crippen LogP contribution in [0.2, 0.25) is 0 Å². The van der Waals surface area contributed by atoms with Gasteiger partial charge in [-0.15, -0.1) is 11.3 Å². The summed E-state index contributed by atoms with van der Waals surface area (Å²) in [6.45, 7) is 1.81. The maximum atomic E-state index is 11.9. The molecule has 1 heterocycles. The Balaban J connectivity index is 2.73. The van der Waals surface area contributed by atoms with Crippen LogP contribution in [-0.4, -0.2) is 23.2 Å².